The monoisotopic (exact) mass is 418 g/mol. The van der Waals surface area contributed by atoms with E-state index in [2.05, 4.69) is 20.1 Å². The van der Waals surface area contributed by atoms with Gasteiger partial charge in [-0.15, -0.1) is 0 Å². The van der Waals surface area contributed by atoms with E-state index < -0.39 is 23.2 Å². The molecule has 3 heterocycles. The maximum absolute atomic E-state index is 13.8. The number of benzene rings is 1. The Labute approximate surface area is 175 Å². The second-order valence-electron chi connectivity index (χ2n) is 6.86. The summed E-state index contributed by atoms with van der Waals surface area (Å²) < 4.78 is 28.5. The normalized spacial score (nSPS) is 11.8. The molecule has 0 amide bonds. The Balaban J connectivity index is 1.92. The van der Waals surface area contributed by atoms with E-state index in [0.29, 0.717) is 16.6 Å². The van der Waals surface area contributed by atoms with Crippen molar-refractivity contribution in [3.05, 3.63) is 94.0 Å². The van der Waals surface area contributed by atoms with Crippen molar-refractivity contribution in [1.82, 2.24) is 14.4 Å². The second-order valence-corrected chi connectivity index (χ2v) is 6.86. The Bertz CT molecular complexity index is 1390. The van der Waals surface area contributed by atoms with Crippen LogP contribution in [0.15, 0.2) is 59.8 Å². The van der Waals surface area contributed by atoms with Crippen molar-refractivity contribution in [3.8, 4) is 11.1 Å². The van der Waals surface area contributed by atoms with Crippen LogP contribution in [0.4, 0.5) is 26.1 Å². The summed E-state index contributed by atoms with van der Waals surface area (Å²) in [4.78, 5) is 24.6. The molecule has 0 aliphatic rings. The standard InChI is InChI=1S/C22H16F2N6O/c1-12(29-21-19(26-2)20(25)27-11-28-21)17-9-16-8-7-15(24)10-30(16)22(31)18(17)13-3-5-14(23)6-4-13/h3-12H,1H3,(H3,25,27,28,29)/t12-/m0/s1. The first-order valence-electron chi connectivity index (χ1n) is 9.24. The zero-order chi connectivity index (χ0) is 22.1. The largest absolute Gasteiger partial charge is 0.392 e. The van der Waals surface area contributed by atoms with Gasteiger partial charge in [-0.3, -0.25) is 9.20 Å². The van der Waals surface area contributed by atoms with E-state index in [-0.39, 0.29) is 22.9 Å². The van der Waals surface area contributed by atoms with E-state index in [4.69, 9.17) is 12.3 Å². The van der Waals surface area contributed by atoms with Crippen LogP contribution in [0.3, 0.4) is 0 Å². The number of halogens is 2. The third-order valence-electron chi connectivity index (χ3n) is 4.88. The minimum Gasteiger partial charge on any atom is -0.392 e. The third-order valence-corrected chi connectivity index (χ3v) is 4.88. The number of hydrogen-bond acceptors (Lipinski definition) is 5. The number of nitrogens with one attached hydrogen (secondary N) is 1. The van der Waals surface area contributed by atoms with E-state index in [9.17, 15) is 13.6 Å². The quantitative estimate of drug-likeness (QED) is 0.481. The summed E-state index contributed by atoms with van der Waals surface area (Å²) in [5, 5.41) is 3.10. The number of nitrogen functional groups attached to an aromatic ring is 1. The lowest BCUT2D eigenvalue weighted by molar-refractivity contribution is 0.618. The smallest absolute Gasteiger partial charge is 0.268 e. The number of rotatable bonds is 4. The molecule has 0 bridgehead atoms. The molecule has 4 rings (SSSR count). The van der Waals surface area contributed by atoms with Crippen LogP contribution in [0.1, 0.15) is 18.5 Å². The van der Waals surface area contributed by atoms with Crippen LogP contribution >= 0.6 is 0 Å². The van der Waals surface area contributed by atoms with Crippen molar-refractivity contribution in [1.29, 1.82) is 0 Å². The van der Waals surface area contributed by atoms with E-state index in [1.807, 2.05) is 0 Å². The summed E-state index contributed by atoms with van der Waals surface area (Å²) in [6.07, 6.45) is 2.34. The van der Waals surface area contributed by atoms with E-state index in [1.165, 1.54) is 47.1 Å². The van der Waals surface area contributed by atoms with Crippen LogP contribution in [0.5, 0.6) is 0 Å². The highest BCUT2D eigenvalue weighted by atomic mass is 19.1. The van der Waals surface area contributed by atoms with Crippen LogP contribution in [-0.2, 0) is 0 Å². The molecule has 154 valence electrons. The van der Waals surface area contributed by atoms with Gasteiger partial charge in [0.15, 0.2) is 0 Å². The maximum atomic E-state index is 13.8. The summed E-state index contributed by atoms with van der Waals surface area (Å²) in [5.41, 5.74) is 7.17. The summed E-state index contributed by atoms with van der Waals surface area (Å²) in [5.74, 6) is -0.745. The molecule has 1 aromatic carbocycles. The Morgan fingerprint density at radius 2 is 1.84 bits per heavy atom. The molecule has 0 unspecified atom stereocenters. The Morgan fingerprint density at radius 1 is 1.13 bits per heavy atom. The van der Waals surface area contributed by atoms with Crippen LogP contribution in [0.25, 0.3) is 21.5 Å². The van der Waals surface area contributed by atoms with Crippen molar-refractivity contribution in [3.63, 3.8) is 0 Å². The number of nitrogens with two attached hydrogens (primary N) is 1. The molecule has 0 saturated heterocycles. The zero-order valence-corrected chi connectivity index (χ0v) is 16.3. The van der Waals surface area contributed by atoms with E-state index in [0.717, 1.165) is 6.20 Å². The van der Waals surface area contributed by atoms with Crippen molar-refractivity contribution >= 4 is 22.8 Å². The van der Waals surface area contributed by atoms with Crippen LogP contribution in [-0.4, -0.2) is 14.4 Å². The number of hydrogen-bond donors (Lipinski definition) is 2. The molecule has 0 saturated carbocycles. The van der Waals surface area contributed by atoms with Gasteiger partial charge in [-0.2, -0.15) is 0 Å². The van der Waals surface area contributed by atoms with E-state index in [1.54, 1.807) is 13.0 Å². The van der Waals surface area contributed by atoms with Gasteiger partial charge in [0, 0.05) is 17.8 Å². The molecule has 31 heavy (non-hydrogen) atoms. The fraction of sp³-hybridized carbons (Fsp3) is 0.0909. The molecule has 0 aliphatic carbocycles. The summed E-state index contributed by atoms with van der Waals surface area (Å²) in [6, 6.07) is 9.46. The van der Waals surface area contributed by atoms with Gasteiger partial charge in [-0.05, 0) is 48.4 Å². The molecule has 0 aliphatic heterocycles. The fourth-order valence-electron chi connectivity index (χ4n) is 3.39. The van der Waals surface area contributed by atoms with Gasteiger partial charge in [0.25, 0.3) is 11.2 Å². The molecule has 3 aromatic heterocycles. The molecular formula is C22H16F2N6O. The number of anilines is 2. The highest BCUT2D eigenvalue weighted by Crippen LogP contribution is 2.33. The average Bonchev–Trinajstić information content (AvgIpc) is 2.75. The molecule has 0 spiro atoms. The predicted molar refractivity (Wildman–Crippen MR) is 114 cm³/mol. The molecular weight excluding hydrogens is 402 g/mol. The van der Waals surface area contributed by atoms with Gasteiger partial charge >= 0.3 is 0 Å². The van der Waals surface area contributed by atoms with Crippen molar-refractivity contribution in [2.75, 3.05) is 11.1 Å². The van der Waals surface area contributed by atoms with E-state index >= 15 is 0 Å². The second kappa shape index (κ2) is 7.84. The van der Waals surface area contributed by atoms with Crippen molar-refractivity contribution in [2.45, 2.75) is 13.0 Å². The number of nitrogens with zero attached hydrogens (tertiary/aromatic N) is 4. The molecule has 1 atom stereocenters. The molecule has 7 nitrogen and oxygen atoms in total. The minimum atomic E-state index is -0.559. The van der Waals surface area contributed by atoms with Gasteiger partial charge in [0.2, 0.25) is 0 Å². The van der Waals surface area contributed by atoms with Gasteiger partial charge in [-0.1, -0.05) is 12.1 Å². The molecule has 0 fully saturated rings. The van der Waals surface area contributed by atoms with Crippen LogP contribution < -0.4 is 16.6 Å². The Kier molecular flexibility index (Phi) is 5.05. The SMILES string of the molecule is [C-]#[N+]c1c(N)ncnc1N[C@@H](C)c1cc2ccc(F)cn2c(=O)c1-c1ccc(F)cc1. The highest BCUT2D eigenvalue weighted by molar-refractivity contribution is 5.77. The fourth-order valence-corrected chi connectivity index (χ4v) is 3.39. The molecule has 9 heteroatoms. The maximum Gasteiger partial charge on any atom is 0.268 e. The number of fused-ring (bicyclic) bond motifs is 1. The van der Waals surface area contributed by atoms with Gasteiger partial charge in [0.1, 0.15) is 29.6 Å². The third kappa shape index (κ3) is 3.67. The summed E-state index contributed by atoms with van der Waals surface area (Å²) in [7, 11) is 0. The van der Waals surface area contributed by atoms with Gasteiger partial charge in [-0.25, -0.2) is 23.6 Å². The first kappa shape index (κ1) is 20.0. The van der Waals surface area contributed by atoms with Crippen LogP contribution in [0.2, 0.25) is 0 Å². The van der Waals surface area contributed by atoms with Crippen molar-refractivity contribution in [2.24, 2.45) is 0 Å². The average molecular weight is 418 g/mol. The zero-order valence-electron chi connectivity index (χ0n) is 16.3. The van der Waals surface area contributed by atoms with Gasteiger partial charge in [0.05, 0.1) is 12.1 Å². The molecule has 4 aromatic rings. The topological polar surface area (TPSA) is 89.7 Å². The molecule has 0 radical (unpaired) electrons. The van der Waals surface area contributed by atoms with Gasteiger partial charge < -0.3 is 11.1 Å². The Hall–Kier alpha value is -4.32. The first-order valence-corrected chi connectivity index (χ1v) is 9.24. The number of aromatic nitrogens is 3. The van der Waals surface area contributed by atoms with Crippen molar-refractivity contribution < 1.29 is 8.78 Å². The highest BCUT2D eigenvalue weighted by Gasteiger charge is 2.20. The Morgan fingerprint density at radius 3 is 2.55 bits per heavy atom. The molecule has 3 N–H and O–H groups in total. The number of pyridine rings is 2. The first-order chi connectivity index (χ1) is 14.9. The lowest BCUT2D eigenvalue weighted by Crippen LogP contribution is -2.21. The predicted octanol–water partition coefficient (Wildman–Crippen LogP) is 4.34. The lowest BCUT2D eigenvalue weighted by atomic mass is 9.96. The lowest BCUT2D eigenvalue weighted by Gasteiger charge is -2.20. The van der Waals surface area contributed by atoms with Crippen LogP contribution in [0, 0.1) is 18.2 Å². The summed E-state index contributed by atoms with van der Waals surface area (Å²) in [6.45, 7) is 9.12. The minimum absolute atomic E-state index is 0.0347. The summed E-state index contributed by atoms with van der Waals surface area (Å²) >= 11 is 0.